The van der Waals surface area contributed by atoms with Crippen molar-refractivity contribution in [2.75, 3.05) is 11.9 Å². The quantitative estimate of drug-likeness (QED) is 0.272. The number of hydrogen-bond donors (Lipinski definition) is 5. The van der Waals surface area contributed by atoms with Crippen molar-refractivity contribution in [2.45, 2.75) is 50.7 Å². The Bertz CT molecular complexity index is 1200. The van der Waals surface area contributed by atoms with Gasteiger partial charge in [0.1, 0.15) is 6.04 Å². The van der Waals surface area contributed by atoms with E-state index < -0.39 is 35.5 Å². The van der Waals surface area contributed by atoms with E-state index in [0.717, 1.165) is 25.7 Å². The standard InChI is InChI=1S/C24H27Cl2N3O4.C2HF3O2/c25-17-4-3-5-18(26)20(17)21(30)28-16-8-6-15(7-9-16)14-19(22(31)32)29-23(33)24(12-13-27)10-1-2-11-24;3-2(4,5)1(6)7/h3-9,19H,1-2,10-14,27H2,(H,28,30)(H,29,33)(H,31,32);(H,6,7)/t19-;/m0./s1. The van der Waals surface area contributed by atoms with Crippen LogP contribution in [0.1, 0.15) is 48.0 Å². The monoisotopic (exact) mass is 605 g/mol. The molecule has 6 N–H and O–H groups in total. The number of benzene rings is 2. The molecule has 3 rings (SSSR count). The van der Waals surface area contributed by atoms with Crippen LogP contribution in [0.3, 0.4) is 0 Å². The number of nitrogens with one attached hydrogen (secondary N) is 2. The van der Waals surface area contributed by atoms with E-state index in [1.54, 1.807) is 42.5 Å². The molecule has 1 saturated carbocycles. The summed E-state index contributed by atoms with van der Waals surface area (Å²) in [5.74, 6) is -4.54. The minimum absolute atomic E-state index is 0.115. The van der Waals surface area contributed by atoms with Crippen LogP contribution in [0, 0.1) is 5.41 Å². The smallest absolute Gasteiger partial charge is 0.480 e. The highest BCUT2D eigenvalue weighted by molar-refractivity contribution is 6.40. The van der Waals surface area contributed by atoms with Crippen molar-refractivity contribution in [1.29, 1.82) is 0 Å². The predicted octanol–water partition coefficient (Wildman–Crippen LogP) is 4.90. The van der Waals surface area contributed by atoms with Crippen LogP contribution in [0.5, 0.6) is 0 Å². The minimum atomic E-state index is -5.08. The van der Waals surface area contributed by atoms with Gasteiger partial charge in [0.15, 0.2) is 0 Å². The number of aliphatic carboxylic acids is 2. The molecular weight excluding hydrogens is 578 g/mol. The summed E-state index contributed by atoms with van der Waals surface area (Å²) < 4.78 is 31.7. The Kier molecular flexibility index (Phi) is 11.8. The van der Waals surface area contributed by atoms with Crippen molar-refractivity contribution >= 4 is 52.6 Å². The van der Waals surface area contributed by atoms with Crippen LogP contribution >= 0.6 is 23.2 Å². The fourth-order valence-electron chi connectivity index (χ4n) is 4.30. The van der Waals surface area contributed by atoms with Crippen molar-refractivity contribution in [3.63, 3.8) is 0 Å². The van der Waals surface area contributed by atoms with E-state index in [-0.39, 0.29) is 27.9 Å². The third-order valence-electron chi connectivity index (χ3n) is 6.35. The lowest BCUT2D eigenvalue weighted by Crippen LogP contribution is -2.49. The van der Waals surface area contributed by atoms with Gasteiger partial charge in [-0.1, -0.05) is 54.2 Å². The van der Waals surface area contributed by atoms with Gasteiger partial charge in [-0.2, -0.15) is 13.2 Å². The van der Waals surface area contributed by atoms with Crippen molar-refractivity contribution in [1.82, 2.24) is 5.32 Å². The molecule has 1 aliphatic rings. The molecule has 0 unspecified atom stereocenters. The van der Waals surface area contributed by atoms with Gasteiger partial charge in [0.2, 0.25) is 5.91 Å². The Morgan fingerprint density at radius 3 is 1.95 bits per heavy atom. The molecule has 0 radical (unpaired) electrons. The fraction of sp³-hybridized carbons (Fsp3) is 0.385. The SMILES string of the molecule is NCCC1(C(=O)N[C@@H](Cc2ccc(NC(=O)c3c(Cl)cccc3Cl)cc2)C(=O)O)CCCC1.O=C(O)C(F)(F)F. The molecule has 9 nitrogen and oxygen atoms in total. The first kappa shape index (κ1) is 32.9. The Morgan fingerprint density at radius 2 is 1.50 bits per heavy atom. The first-order chi connectivity index (χ1) is 18.7. The summed E-state index contributed by atoms with van der Waals surface area (Å²) in [6.45, 7) is 0.387. The molecule has 1 atom stereocenters. The number of carbonyl (C=O) groups is 4. The van der Waals surface area contributed by atoms with Crippen molar-refractivity contribution in [3.05, 3.63) is 63.6 Å². The van der Waals surface area contributed by atoms with E-state index in [9.17, 15) is 32.7 Å². The van der Waals surface area contributed by atoms with Gasteiger partial charge in [0.25, 0.3) is 5.91 Å². The Morgan fingerprint density at radius 1 is 0.975 bits per heavy atom. The lowest BCUT2D eigenvalue weighted by molar-refractivity contribution is -0.192. The number of carboxylic acid groups (broad SMARTS) is 2. The molecule has 0 bridgehead atoms. The fourth-order valence-corrected chi connectivity index (χ4v) is 4.87. The van der Waals surface area contributed by atoms with E-state index in [1.807, 2.05) is 0 Å². The van der Waals surface area contributed by atoms with Gasteiger partial charge in [-0.05, 0) is 55.6 Å². The molecule has 2 amide bonds. The zero-order valence-electron chi connectivity index (χ0n) is 21.1. The predicted molar refractivity (Wildman–Crippen MR) is 142 cm³/mol. The molecule has 0 heterocycles. The van der Waals surface area contributed by atoms with Gasteiger partial charge in [-0.15, -0.1) is 0 Å². The second-order valence-corrected chi connectivity index (χ2v) is 9.96. The highest BCUT2D eigenvalue weighted by Gasteiger charge is 2.41. The number of carbonyl (C=O) groups excluding carboxylic acids is 2. The van der Waals surface area contributed by atoms with Crippen LogP contribution in [0.4, 0.5) is 18.9 Å². The van der Waals surface area contributed by atoms with E-state index in [2.05, 4.69) is 10.6 Å². The van der Waals surface area contributed by atoms with Gasteiger partial charge in [0.05, 0.1) is 21.0 Å². The number of hydrogen-bond acceptors (Lipinski definition) is 5. The summed E-state index contributed by atoms with van der Waals surface area (Å²) >= 11 is 12.2. The normalized spacial score (nSPS) is 14.8. The molecule has 40 heavy (non-hydrogen) atoms. The highest BCUT2D eigenvalue weighted by Crippen LogP contribution is 2.41. The topological polar surface area (TPSA) is 159 Å². The molecule has 0 aromatic heterocycles. The molecule has 0 aliphatic heterocycles. The average molecular weight is 606 g/mol. The second kappa shape index (κ2) is 14.3. The number of amides is 2. The highest BCUT2D eigenvalue weighted by atomic mass is 35.5. The number of halogens is 5. The summed E-state index contributed by atoms with van der Waals surface area (Å²) in [5, 5.41) is 22.7. The molecule has 0 saturated heterocycles. The molecule has 1 fully saturated rings. The minimum Gasteiger partial charge on any atom is -0.480 e. The lowest BCUT2D eigenvalue weighted by atomic mass is 9.81. The molecule has 218 valence electrons. The van der Waals surface area contributed by atoms with Gasteiger partial charge < -0.3 is 26.6 Å². The summed E-state index contributed by atoms with van der Waals surface area (Å²) in [5.41, 5.74) is 6.52. The van der Waals surface area contributed by atoms with Crippen molar-refractivity contribution in [2.24, 2.45) is 11.1 Å². The van der Waals surface area contributed by atoms with Gasteiger partial charge >= 0.3 is 18.1 Å². The largest absolute Gasteiger partial charge is 0.490 e. The second-order valence-electron chi connectivity index (χ2n) is 9.15. The maximum atomic E-state index is 12.9. The number of anilines is 1. The summed E-state index contributed by atoms with van der Waals surface area (Å²) in [7, 11) is 0. The van der Waals surface area contributed by atoms with Crippen LogP contribution < -0.4 is 16.4 Å². The van der Waals surface area contributed by atoms with Crippen LogP contribution in [-0.2, 0) is 20.8 Å². The number of alkyl halides is 3. The van der Waals surface area contributed by atoms with Crippen LogP contribution in [0.25, 0.3) is 0 Å². The van der Waals surface area contributed by atoms with E-state index in [0.29, 0.717) is 24.2 Å². The molecular formula is C26H28Cl2F3N3O6. The van der Waals surface area contributed by atoms with Crippen LogP contribution in [0.2, 0.25) is 10.0 Å². The van der Waals surface area contributed by atoms with E-state index in [4.69, 9.17) is 38.8 Å². The van der Waals surface area contributed by atoms with Crippen molar-refractivity contribution < 1.29 is 42.6 Å². The van der Waals surface area contributed by atoms with Crippen LogP contribution in [-0.4, -0.2) is 52.7 Å². The first-order valence-corrected chi connectivity index (χ1v) is 12.8. The van der Waals surface area contributed by atoms with Gasteiger partial charge in [0, 0.05) is 12.1 Å². The third kappa shape index (κ3) is 9.10. The molecule has 0 spiro atoms. The van der Waals surface area contributed by atoms with E-state index in [1.165, 1.54) is 0 Å². The first-order valence-electron chi connectivity index (χ1n) is 12.1. The average Bonchev–Trinajstić information content (AvgIpc) is 3.34. The lowest BCUT2D eigenvalue weighted by Gasteiger charge is -2.29. The maximum Gasteiger partial charge on any atom is 0.490 e. The van der Waals surface area contributed by atoms with Crippen LogP contribution in [0.15, 0.2) is 42.5 Å². The van der Waals surface area contributed by atoms with Crippen molar-refractivity contribution in [3.8, 4) is 0 Å². The van der Waals surface area contributed by atoms with Gasteiger partial charge in [-0.3, -0.25) is 9.59 Å². The summed E-state index contributed by atoms with van der Waals surface area (Å²) in [6.07, 6.45) is -1.08. The number of rotatable bonds is 9. The molecule has 2 aromatic rings. The summed E-state index contributed by atoms with van der Waals surface area (Å²) in [4.78, 5) is 46.2. The zero-order valence-corrected chi connectivity index (χ0v) is 22.6. The molecule has 2 aromatic carbocycles. The number of carboxylic acids is 2. The summed E-state index contributed by atoms with van der Waals surface area (Å²) in [6, 6.07) is 10.5. The molecule has 1 aliphatic carbocycles. The van der Waals surface area contributed by atoms with Gasteiger partial charge in [-0.25, -0.2) is 9.59 Å². The third-order valence-corrected chi connectivity index (χ3v) is 6.98. The van der Waals surface area contributed by atoms with E-state index >= 15 is 0 Å². The maximum absolute atomic E-state index is 12.9. The zero-order chi connectivity index (χ0) is 30.1. The Balaban J connectivity index is 0.000000708. The Labute approximate surface area is 237 Å². The number of nitrogens with two attached hydrogens (primary N) is 1. The Hall–Kier alpha value is -3.35. The molecule has 14 heteroatoms.